The van der Waals surface area contributed by atoms with E-state index < -0.39 is 0 Å². The summed E-state index contributed by atoms with van der Waals surface area (Å²) in [7, 11) is 0. The average Bonchev–Trinajstić information content (AvgIpc) is 2.40. The van der Waals surface area contributed by atoms with Crippen molar-refractivity contribution in [3.63, 3.8) is 0 Å². The SMILES string of the molecule is N/C(=N/O)c1cccn(Cc2cccc(Cl)c2)c1=O. The molecule has 3 N–H and O–H groups in total. The second kappa shape index (κ2) is 5.58. The molecule has 0 aliphatic rings. The predicted molar refractivity (Wildman–Crippen MR) is 73.8 cm³/mol. The Kier molecular flexibility index (Phi) is 3.87. The molecule has 0 fully saturated rings. The summed E-state index contributed by atoms with van der Waals surface area (Å²) in [4.78, 5) is 12.1. The van der Waals surface area contributed by atoms with Crippen LogP contribution in [0.1, 0.15) is 11.1 Å². The van der Waals surface area contributed by atoms with Gasteiger partial charge in [0.25, 0.3) is 5.56 Å². The van der Waals surface area contributed by atoms with Gasteiger partial charge in [0, 0.05) is 11.2 Å². The molecule has 98 valence electrons. The maximum absolute atomic E-state index is 12.1. The molecule has 1 heterocycles. The van der Waals surface area contributed by atoms with Crippen molar-refractivity contribution in [2.24, 2.45) is 10.9 Å². The lowest BCUT2D eigenvalue weighted by atomic mass is 10.2. The highest BCUT2D eigenvalue weighted by Gasteiger charge is 2.07. The van der Waals surface area contributed by atoms with Gasteiger partial charge >= 0.3 is 0 Å². The van der Waals surface area contributed by atoms with Gasteiger partial charge in [-0.25, -0.2) is 0 Å². The Bertz CT molecular complexity index is 680. The molecule has 2 rings (SSSR count). The van der Waals surface area contributed by atoms with Crippen LogP contribution in [0.25, 0.3) is 0 Å². The number of nitrogens with two attached hydrogens (primary N) is 1. The number of amidine groups is 1. The lowest BCUT2D eigenvalue weighted by molar-refractivity contribution is 0.318. The Morgan fingerprint density at radius 2 is 2.16 bits per heavy atom. The lowest BCUT2D eigenvalue weighted by Crippen LogP contribution is -2.29. The van der Waals surface area contributed by atoms with Crippen LogP contribution in [0.2, 0.25) is 5.02 Å². The first kappa shape index (κ1) is 13.2. The maximum atomic E-state index is 12.1. The van der Waals surface area contributed by atoms with Crippen LogP contribution in [0.5, 0.6) is 0 Å². The van der Waals surface area contributed by atoms with Crippen LogP contribution < -0.4 is 11.3 Å². The second-order valence-electron chi connectivity index (χ2n) is 3.97. The number of halogens is 1. The Balaban J connectivity index is 2.39. The largest absolute Gasteiger partial charge is 0.409 e. The van der Waals surface area contributed by atoms with Crippen LogP contribution >= 0.6 is 11.6 Å². The molecule has 1 aromatic heterocycles. The van der Waals surface area contributed by atoms with E-state index in [-0.39, 0.29) is 17.0 Å². The first-order chi connectivity index (χ1) is 9.11. The molecular formula is C13H12ClN3O2. The number of aromatic nitrogens is 1. The molecule has 0 spiro atoms. The van der Waals surface area contributed by atoms with Crippen LogP contribution in [0.3, 0.4) is 0 Å². The quantitative estimate of drug-likeness (QED) is 0.387. The van der Waals surface area contributed by atoms with Crippen LogP contribution in [0.4, 0.5) is 0 Å². The third-order valence-electron chi connectivity index (χ3n) is 2.65. The molecule has 0 aliphatic heterocycles. The number of benzene rings is 1. The van der Waals surface area contributed by atoms with E-state index in [1.807, 2.05) is 12.1 Å². The molecule has 0 unspecified atom stereocenters. The minimum absolute atomic E-state index is 0.159. The molecule has 5 nitrogen and oxygen atoms in total. The molecule has 0 aliphatic carbocycles. The van der Waals surface area contributed by atoms with Gasteiger partial charge in [-0.3, -0.25) is 4.79 Å². The molecule has 0 atom stereocenters. The molecule has 0 bridgehead atoms. The molecule has 0 radical (unpaired) electrons. The lowest BCUT2D eigenvalue weighted by Gasteiger charge is -2.07. The van der Waals surface area contributed by atoms with E-state index in [1.165, 1.54) is 10.6 Å². The van der Waals surface area contributed by atoms with E-state index in [1.54, 1.807) is 24.4 Å². The highest BCUT2D eigenvalue weighted by atomic mass is 35.5. The summed E-state index contributed by atoms with van der Waals surface area (Å²) in [5.41, 5.74) is 6.18. The van der Waals surface area contributed by atoms with Crippen molar-refractivity contribution in [1.29, 1.82) is 0 Å². The molecule has 1 aromatic carbocycles. The van der Waals surface area contributed by atoms with E-state index in [0.717, 1.165) is 5.56 Å². The van der Waals surface area contributed by atoms with E-state index in [9.17, 15) is 4.79 Å². The molecule has 0 saturated carbocycles. The summed E-state index contributed by atoms with van der Waals surface area (Å²) >= 11 is 5.90. The fourth-order valence-electron chi connectivity index (χ4n) is 1.74. The van der Waals surface area contributed by atoms with Gasteiger partial charge < -0.3 is 15.5 Å². The zero-order valence-electron chi connectivity index (χ0n) is 9.95. The summed E-state index contributed by atoms with van der Waals surface area (Å²) in [6, 6.07) is 10.4. The monoisotopic (exact) mass is 277 g/mol. The van der Waals surface area contributed by atoms with Crippen LogP contribution in [0, 0.1) is 0 Å². The van der Waals surface area contributed by atoms with Crippen LogP contribution in [-0.2, 0) is 6.54 Å². The van der Waals surface area contributed by atoms with Gasteiger partial charge in [-0.05, 0) is 29.8 Å². The Morgan fingerprint density at radius 3 is 2.84 bits per heavy atom. The highest BCUT2D eigenvalue weighted by Crippen LogP contribution is 2.11. The predicted octanol–water partition coefficient (Wildman–Crippen LogP) is 1.64. The number of oxime groups is 1. The Hall–Kier alpha value is -2.27. The molecule has 0 amide bonds. The summed E-state index contributed by atoms with van der Waals surface area (Å²) in [5, 5.41) is 12.1. The summed E-state index contributed by atoms with van der Waals surface area (Å²) < 4.78 is 1.47. The number of rotatable bonds is 3. The maximum Gasteiger partial charge on any atom is 0.261 e. The molecule has 19 heavy (non-hydrogen) atoms. The van der Waals surface area contributed by atoms with Gasteiger partial charge in [0.15, 0.2) is 5.84 Å². The van der Waals surface area contributed by atoms with Gasteiger partial charge in [-0.1, -0.05) is 28.9 Å². The van der Waals surface area contributed by atoms with Crippen molar-refractivity contribution in [3.8, 4) is 0 Å². The molecule has 0 saturated heterocycles. The first-order valence-electron chi connectivity index (χ1n) is 5.53. The van der Waals surface area contributed by atoms with Crippen LogP contribution in [0.15, 0.2) is 52.5 Å². The van der Waals surface area contributed by atoms with Crippen molar-refractivity contribution in [2.75, 3.05) is 0 Å². The van der Waals surface area contributed by atoms with Gasteiger partial charge in [-0.2, -0.15) is 0 Å². The van der Waals surface area contributed by atoms with E-state index in [4.69, 9.17) is 22.5 Å². The van der Waals surface area contributed by atoms with Gasteiger partial charge in [0.2, 0.25) is 0 Å². The zero-order chi connectivity index (χ0) is 13.8. The van der Waals surface area contributed by atoms with Gasteiger partial charge in [-0.15, -0.1) is 0 Å². The normalized spacial score (nSPS) is 11.5. The Morgan fingerprint density at radius 1 is 1.37 bits per heavy atom. The molecular weight excluding hydrogens is 266 g/mol. The number of nitrogens with zero attached hydrogens (tertiary/aromatic N) is 2. The first-order valence-corrected chi connectivity index (χ1v) is 5.91. The summed E-state index contributed by atoms with van der Waals surface area (Å²) in [6.07, 6.45) is 1.64. The van der Waals surface area contributed by atoms with E-state index in [0.29, 0.717) is 11.6 Å². The van der Waals surface area contributed by atoms with Crippen molar-refractivity contribution < 1.29 is 5.21 Å². The van der Waals surface area contributed by atoms with Crippen molar-refractivity contribution in [3.05, 3.63) is 69.1 Å². The minimum Gasteiger partial charge on any atom is -0.409 e. The number of hydrogen-bond donors (Lipinski definition) is 2. The van der Waals surface area contributed by atoms with Crippen molar-refractivity contribution in [1.82, 2.24) is 4.57 Å². The standard InChI is InChI=1S/C13H12ClN3O2/c14-10-4-1-3-9(7-10)8-17-6-2-5-11(13(17)18)12(15)16-19/h1-7,19H,8H2,(H2,15,16). The number of hydrogen-bond acceptors (Lipinski definition) is 3. The Labute approximate surface area is 114 Å². The topological polar surface area (TPSA) is 80.6 Å². The molecule has 6 heteroatoms. The zero-order valence-corrected chi connectivity index (χ0v) is 10.7. The summed E-state index contributed by atoms with van der Waals surface area (Å²) in [6.45, 7) is 0.367. The van der Waals surface area contributed by atoms with Crippen LogP contribution in [-0.4, -0.2) is 15.6 Å². The van der Waals surface area contributed by atoms with Crippen molar-refractivity contribution in [2.45, 2.75) is 6.54 Å². The fraction of sp³-hybridized carbons (Fsp3) is 0.0769. The highest BCUT2D eigenvalue weighted by molar-refractivity contribution is 6.30. The van der Waals surface area contributed by atoms with Crippen molar-refractivity contribution >= 4 is 17.4 Å². The van der Waals surface area contributed by atoms with Gasteiger partial charge in [0.1, 0.15) is 0 Å². The third kappa shape index (κ3) is 2.95. The van der Waals surface area contributed by atoms with E-state index in [2.05, 4.69) is 5.16 Å². The number of pyridine rings is 1. The van der Waals surface area contributed by atoms with E-state index >= 15 is 0 Å². The smallest absolute Gasteiger partial charge is 0.261 e. The average molecular weight is 278 g/mol. The molecule has 2 aromatic rings. The minimum atomic E-state index is -0.322. The fourth-order valence-corrected chi connectivity index (χ4v) is 1.96. The van der Waals surface area contributed by atoms with Gasteiger partial charge in [0.05, 0.1) is 12.1 Å². The summed E-state index contributed by atoms with van der Waals surface area (Å²) in [5.74, 6) is -0.203. The third-order valence-corrected chi connectivity index (χ3v) is 2.88. The second-order valence-corrected chi connectivity index (χ2v) is 4.41.